The minimum atomic E-state index is 0.527. The molecule has 0 radical (unpaired) electrons. The van der Waals surface area contributed by atoms with Crippen molar-refractivity contribution in [2.24, 2.45) is 0 Å². The number of hydrogen-bond acceptors (Lipinski definition) is 4. The van der Waals surface area contributed by atoms with Crippen LogP contribution in [0, 0.1) is 13.8 Å². The lowest BCUT2D eigenvalue weighted by atomic mass is 10.1. The zero-order chi connectivity index (χ0) is 11.5. The second-order valence-corrected chi connectivity index (χ2v) is 4.73. The fraction of sp³-hybridized carbons (Fsp3) is 0.250. The summed E-state index contributed by atoms with van der Waals surface area (Å²) in [5.74, 6) is 0.777. The van der Waals surface area contributed by atoms with E-state index < -0.39 is 0 Å². The van der Waals surface area contributed by atoms with E-state index in [0.29, 0.717) is 12.3 Å². The van der Waals surface area contributed by atoms with E-state index in [1.54, 1.807) is 16.8 Å². The van der Waals surface area contributed by atoms with E-state index >= 15 is 0 Å². The third-order valence-electron chi connectivity index (χ3n) is 2.29. The molecule has 0 spiro atoms. The topological polar surface area (TPSA) is 48.1 Å². The molecule has 1 heterocycles. The maximum Gasteiger partial charge on any atom is 0.145 e. The molecule has 3 nitrogen and oxygen atoms in total. The average molecular weight is 234 g/mol. The van der Waals surface area contributed by atoms with E-state index in [4.69, 9.17) is 10.5 Å². The van der Waals surface area contributed by atoms with Gasteiger partial charge in [0, 0.05) is 6.20 Å². The van der Waals surface area contributed by atoms with Gasteiger partial charge in [-0.3, -0.25) is 4.98 Å². The summed E-state index contributed by atoms with van der Waals surface area (Å²) in [5.41, 5.74) is 10.6. The zero-order valence-corrected chi connectivity index (χ0v) is 10.2. The third kappa shape index (κ3) is 2.33. The summed E-state index contributed by atoms with van der Waals surface area (Å²) in [6, 6.07) is 3.99. The van der Waals surface area contributed by atoms with Crippen molar-refractivity contribution in [3.8, 4) is 5.75 Å². The molecule has 0 bridgehead atoms. The predicted octanol–water partition coefficient (Wildman–Crippen LogP) is 2.92. The third-order valence-corrected chi connectivity index (χ3v) is 3.04. The Morgan fingerprint density at radius 3 is 2.81 bits per heavy atom. The van der Waals surface area contributed by atoms with Crippen LogP contribution in [0.1, 0.15) is 16.0 Å². The molecule has 16 heavy (non-hydrogen) atoms. The van der Waals surface area contributed by atoms with Gasteiger partial charge in [0.05, 0.1) is 16.1 Å². The maximum atomic E-state index is 5.92. The molecular formula is C12H14N2OS. The molecule has 2 N–H and O–H groups in total. The number of aromatic nitrogens is 1. The van der Waals surface area contributed by atoms with E-state index in [0.717, 1.165) is 21.8 Å². The van der Waals surface area contributed by atoms with Gasteiger partial charge in [-0.1, -0.05) is 6.07 Å². The molecule has 0 saturated carbocycles. The number of ether oxygens (including phenoxy) is 1. The van der Waals surface area contributed by atoms with Gasteiger partial charge in [0.15, 0.2) is 0 Å². The number of nitrogens with zero attached hydrogens (tertiary/aromatic N) is 1. The number of anilines is 1. The van der Waals surface area contributed by atoms with Gasteiger partial charge in [-0.15, -0.1) is 11.3 Å². The Hall–Kier alpha value is -1.55. The van der Waals surface area contributed by atoms with Crippen molar-refractivity contribution >= 4 is 17.0 Å². The van der Waals surface area contributed by atoms with E-state index in [9.17, 15) is 0 Å². The summed E-state index contributed by atoms with van der Waals surface area (Å²) in [4.78, 5) is 5.10. The highest BCUT2D eigenvalue weighted by Gasteiger charge is 2.06. The van der Waals surface area contributed by atoms with Crippen molar-refractivity contribution in [3.05, 3.63) is 39.8 Å². The summed E-state index contributed by atoms with van der Waals surface area (Å²) in [5, 5.41) is 0. The van der Waals surface area contributed by atoms with Gasteiger partial charge in [-0.05, 0) is 31.0 Å². The number of nitrogens with two attached hydrogens (primary N) is 1. The fourth-order valence-corrected chi connectivity index (χ4v) is 2.15. The Morgan fingerprint density at radius 2 is 2.19 bits per heavy atom. The Labute approximate surface area is 98.9 Å². The van der Waals surface area contributed by atoms with Crippen molar-refractivity contribution in [2.75, 3.05) is 5.73 Å². The molecule has 84 valence electrons. The summed E-state index contributed by atoms with van der Waals surface area (Å²) < 4.78 is 5.71. The fourth-order valence-electron chi connectivity index (χ4n) is 1.64. The molecule has 0 aliphatic carbocycles. The molecule has 0 fully saturated rings. The van der Waals surface area contributed by atoms with Gasteiger partial charge in [-0.25, -0.2) is 0 Å². The minimum Gasteiger partial charge on any atom is -0.486 e. The van der Waals surface area contributed by atoms with Crippen LogP contribution in [0.25, 0.3) is 0 Å². The van der Waals surface area contributed by atoms with Gasteiger partial charge in [-0.2, -0.15) is 0 Å². The highest BCUT2D eigenvalue weighted by atomic mass is 32.1. The first-order valence-electron chi connectivity index (χ1n) is 5.03. The number of nitrogen functional groups attached to an aromatic ring is 1. The first-order valence-corrected chi connectivity index (χ1v) is 5.91. The number of thiazole rings is 1. The lowest BCUT2D eigenvalue weighted by Crippen LogP contribution is -2.00. The van der Waals surface area contributed by atoms with Crippen LogP contribution in [0.5, 0.6) is 5.75 Å². The highest BCUT2D eigenvalue weighted by Crippen LogP contribution is 2.28. The molecule has 0 unspecified atom stereocenters. The van der Waals surface area contributed by atoms with Crippen molar-refractivity contribution in [2.45, 2.75) is 20.5 Å². The Kier molecular flexibility index (Phi) is 3.10. The van der Waals surface area contributed by atoms with Gasteiger partial charge < -0.3 is 10.5 Å². The largest absolute Gasteiger partial charge is 0.486 e. The van der Waals surface area contributed by atoms with Crippen molar-refractivity contribution < 1.29 is 4.74 Å². The van der Waals surface area contributed by atoms with Gasteiger partial charge in [0.1, 0.15) is 12.4 Å². The second-order valence-electron chi connectivity index (χ2n) is 3.76. The minimum absolute atomic E-state index is 0.527. The summed E-state index contributed by atoms with van der Waals surface area (Å²) in [6.07, 6.45) is 1.81. The molecule has 1 aromatic heterocycles. The maximum absolute atomic E-state index is 5.92. The van der Waals surface area contributed by atoms with E-state index in [1.807, 2.05) is 26.1 Å². The van der Waals surface area contributed by atoms with Crippen LogP contribution in [-0.4, -0.2) is 4.98 Å². The standard InChI is InChI=1S/C12H14N2OS/c1-8-3-9(2)12(11(13)4-8)15-6-10-5-14-7-16-10/h3-5,7H,6,13H2,1-2H3. The normalized spacial score (nSPS) is 10.4. The van der Waals surface area contributed by atoms with Crippen LogP contribution in [-0.2, 0) is 6.61 Å². The van der Waals surface area contributed by atoms with Crippen LogP contribution in [0.15, 0.2) is 23.8 Å². The van der Waals surface area contributed by atoms with E-state index in [1.165, 1.54) is 0 Å². The summed E-state index contributed by atoms with van der Waals surface area (Å²) >= 11 is 1.58. The molecular weight excluding hydrogens is 220 g/mol. The summed E-state index contributed by atoms with van der Waals surface area (Å²) in [6.45, 7) is 4.56. The van der Waals surface area contributed by atoms with Gasteiger partial charge >= 0.3 is 0 Å². The molecule has 0 amide bonds. The first-order chi connectivity index (χ1) is 7.66. The molecule has 0 aliphatic heterocycles. The molecule has 2 aromatic rings. The quantitative estimate of drug-likeness (QED) is 0.831. The number of hydrogen-bond donors (Lipinski definition) is 1. The van der Waals surface area contributed by atoms with Crippen molar-refractivity contribution in [1.82, 2.24) is 4.98 Å². The monoisotopic (exact) mass is 234 g/mol. The highest BCUT2D eigenvalue weighted by molar-refractivity contribution is 7.09. The molecule has 0 atom stereocenters. The number of benzene rings is 1. The Balaban J connectivity index is 2.15. The van der Waals surface area contributed by atoms with Crippen LogP contribution in [0.4, 0.5) is 5.69 Å². The van der Waals surface area contributed by atoms with Crippen LogP contribution in [0.2, 0.25) is 0 Å². The Morgan fingerprint density at radius 1 is 1.38 bits per heavy atom. The Bertz CT molecular complexity index is 457. The van der Waals surface area contributed by atoms with Gasteiger partial charge in [0.25, 0.3) is 0 Å². The van der Waals surface area contributed by atoms with Crippen LogP contribution < -0.4 is 10.5 Å². The molecule has 0 aliphatic rings. The lowest BCUT2D eigenvalue weighted by molar-refractivity contribution is 0.309. The molecule has 4 heteroatoms. The molecule has 1 aromatic carbocycles. The van der Waals surface area contributed by atoms with Crippen molar-refractivity contribution in [3.63, 3.8) is 0 Å². The van der Waals surface area contributed by atoms with Crippen LogP contribution in [0.3, 0.4) is 0 Å². The number of rotatable bonds is 3. The molecule has 2 rings (SSSR count). The van der Waals surface area contributed by atoms with Gasteiger partial charge in [0.2, 0.25) is 0 Å². The lowest BCUT2D eigenvalue weighted by Gasteiger charge is -2.11. The SMILES string of the molecule is Cc1cc(C)c(OCc2cncs2)c(N)c1. The summed E-state index contributed by atoms with van der Waals surface area (Å²) in [7, 11) is 0. The van der Waals surface area contributed by atoms with E-state index in [-0.39, 0.29) is 0 Å². The average Bonchev–Trinajstić information content (AvgIpc) is 2.68. The smallest absolute Gasteiger partial charge is 0.145 e. The zero-order valence-electron chi connectivity index (χ0n) is 9.36. The predicted molar refractivity (Wildman–Crippen MR) is 66.8 cm³/mol. The second kappa shape index (κ2) is 4.53. The van der Waals surface area contributed by atoms with E-state index in [2.05, 4.69) is 11.1 Å². The van der Waals surface area contributed by atoms with Crippen molar-refractivity contribution in [1.29, 1.82) is 0 Å². The first kappa shape index (κ1) is 11.0. The molecule has 0 saturated heterocycles. The van der Waals surface area contributed by atoms with Crippen LogP contribution >= 0.6 is 11.3 Å². The number of aryl methyl sites for hydroxylation is 2.